The van der Waals surface area contributed by atoms with Gasteiger partial charge in [-0.3, -0.25) is 9.78 Å². The van der Waals surface area contributed by atoms with Gasteiger partial charge in [-0.1, -0.05) is 18.0 Å². The van der Waals surface area contributed by atoms with Gasteiger partial charge in [-0.2, -0.15) is 0 Å². The summed E-state index contributed by atoms with van der Waals surface area (Å²) in [6.07, 6.45) is 4.67. The first-order valence-electron chi connectivity index (χ1n) is 6.31. The fraction of sp³-hybridized carbons (Fsp3) is 0.462. The molecule has 2 rings (SSSR count). The highest BCUT2D eigenvalue weighted by atomic mass is 16.4. The fourth-order valence-corrected chi connectivity index (χ4v) is 2.53. The Kier molecular flexibility index (Phi) is 3.69. The van der Waals surface area contributed by atoms with Crippen molar-refractivity contribution >= 4 is 17.4 Å². The number of nitrogens with two attached hydrogens (primary N) is 1. The summed E-state index contributed by atoms with van der Waals surface area (Å²) < 4.78 is 0. The number of hydrogen-bond acceptors (Lipinski definition) is 4. The third-order valence-corrected chi connectivity index (χ3v) is 3.74. The monoisotopic (exact) mass is 262 g/mol. The lowest BCUT2D eigenvalue weighted by atomic mass is 9.83. The zero-order chi connectivity index (χ0) is 13.9. The maximum Gasteiger partial charge on any atom is 0.238 e. The number of nitrogens with one attached hydrogen (secondary N) is 1. The summed E-state index contributed by atoms with van der Waals surface area (Å²) in [5, 5.41) is 14.8. The van der Waals surface area contributed by atoms with E-state index in [1.807, 2.05) is 6.92 Å². The van der Waals surface area contributed by atoms with Crippen molar-refractivity contribution in [1.82, 2.24) is 4.98 Å². The van der Waals surface area contributed by atoms with Gasteiger partial charge in [0, 0.05) is 6.20 Å². The number of pyridine rings is 1. The van der Waals surface area contributed by atoms with Crippen LogP contribution in [0.5, 0.6) is 0 Å². The van der Waals surface area contributed by atoms with Gasteiger partial charge >= 0.3 is 0 Å². The molecule has 1 saturated carbocycles. The lowest BCUT2D eigenvalue weighted by Gasteiger charge is -2.26. The van der Waals surface area contributed by atoms with Gasteiger partial charge < -0.3 is 16.3 Å². The number of aryl methyl sites for hydroxylation is 1. The Hall–Kier alpha value is -2.11. The van der Waals surface area contributed by atoms with Gasteiger partial charge in [-0.25, -0.2) is 0 Å². The Bertz CT molecular complexity index is 507. The van der Waals surface area contributed by atoms with E-state index < -0.39 is 5.41 Å². The maximum atomic E-state index is 12.5. The third kappa shape index (κ3) is 2.38. The van der Waals surface area contributed by atoms with E-state index in [2.05, 4.69) is 15.5 Å². The summed E-state index contributed by atoms with van der Waals surface area (Å²) in [6.45, 7) is 1.82. The summed E-state index contributed by atoms with van der Waals surface area (Å²) in [7, 11) is 0. The molecule has 0 bridgehead atoms. The van der Waals surface area contributed by atoms with Gasteiger partial charge in [0.25, 0.3) is 0 Å². The van der Waals surface area contributed by atoms with E-state index in [1.165, 1.54) is 0 Å². The molecule has 1 heterocycles. The largest absolute Gasteiger partial charge is 0.409 e. The van der Waals surface area contributed by atoms with Crippen molar-refractivity contribution in [2.24, 2.45) is 16.3 Å². The molecule has 0 unspecified atom stereocenters. The van der Waals surface area contributed by atoms with Crippen molar-refractivity contribution in [3.8, 4) is 0 Å². The Labute approximate surface area is 111 Å². The minimum atomic E-state index is -0.892. The average Bonchev–Trinajstić information content (AvgIpc) is 2.91. The van der Waals surface area contributed by atoms with E-state index >= 15 is 0 Å². The summed E-state index contributed by atoms with van der Waals surface area (Å²) in [4.78, 5) is 16.6. The minimum Gasteiger partial charge on any atom is -0.409 e. The van der Waals surface area contributed by atoms with E-state index in [-0.39, 0.29) is 11.7 Å². The molecular formula is C13H18N4O2. The van der Waals surface area contributed by atoms with Crippen molar-refractivity contribution < 1.29 is 10.0 Å². The fourth-order valence-electron chi connectivity index (χ4n) is 2.53. The van der Waals surface area contributed by atoms with Crippen LogP contribution < -0.4 is 11.1 Å². The number of oxime groups is 1. The maximum absolute atomic E-state index is 12.5. The molecule has 0 aromatic carbocycles. The van der Waals surface area contributed by atoms with Crippen LogP contribution in [0.3, 0.4) is 0 Å². The molecule has 0 aliphatic heterocycles. The molecule has 1 amide bonds. The highest BCUT2D eigenvalue weighted by molar-refractivity contribution is 6.12. The van der Waals surface area contributed by atoms with E-state index in [0.717, 1.165) is 18.5 Å². The lowest BCUT2D eigenvalue weighted by molar-refractivity contribution is -0.122. The lowest BCUT2D eigenvalue weighted by Crippen LogP contribution is -2.45. The molecule has 1 fully saturated rings. The Morgan fingerprint density at radius 3 is 2.79 bits per heavy atom. The molecule has 6 nitrogen and oxygen atoms in total. The normalized spacial score (nSPS) is 18.3. The van der Waals surface area contributed by atoms with Crippen LogP contribution in [-0.2, 0) is 4.79 Å². The van der Waals surface area contributed by atoms with E-state index in [4.69, 9.17) is 10.9 Å². The molecule has 19 heavy (non-hydrogen) atoms. The predicted octanol–water partition coefficient (Wildman–Crippen LogP) is 1.64. The number of anilines is 1. The molecule has 0 spiro atoms. The van der Waals surface area contributed by atoms with Gasteiger partial charge in [0.2, 0.25) is 5.91 Å². The summed E-state index contributed by atoms with van der Waals surface area (Å²) in [5.41, 5.74) is 6.23. The second kappa shape index (κ2) is 5.26. The van der Waals surface area contributed by atoms with Gasteiger partial charge in [-0.05, 0) is 31.9 Å². The molecule has 1 aromatic rings. The second-order valence-electron chi connectivity index (χ2n) is 4.86. The van der Waals surface area contributed by atoms with Gasteiger partial charge in [-0.15, -0.1) is 0 Å². The van der Waals surface area contributed by atoms with Crippen LogP contribution in [0.1, 0.15) is 31.4 Å². The number of hydrogen-bond donors (Lipinski definition) is 3. The van der Waals surface area contributed by atoms with Crippen LogP contribution in [0.25, 0.3) is 0 Å². The van der Waals surface area contributed by atoms with Crippen molar-refractivity contribution in [1.29, 1.82) is 0 Å². The predicted molar refractivity (Wildman–Crippen MR) is 71.9 cm³/mol. The van der Waals surface area contributed by atoms with Gasteiger partial charge in [0.05, 0.1) is 11.4 Å². The van der Waals surface area contributed by atoms with Crippen molar-refractivity contribution in [3.63, 3.8) is 0 Å². The first kappa shape index (κ1) is 13.3. The molecule has 0 atom stereocenters. The second-order valence-corrected chi connectivity index (χ2v) is 4.86. The first-order valence-corrected chi connectivity index (χ1v) is 6.31. The number of rotatable bonds is 3. The molecule has 4 N–H and O–H groups in total. The molecule has 102 valence electrons. The number of carbonyl (C=O) groups is 1. The molecule has 6 heteroatoms. The van der Waals surface area contributed by atoms with Crippen LogP contribution >= 0.6 is 0 Å². The molecule has 0 radical (unpaired) electrons. The van der Waals surface area contributed by atoms with Crippen molar-refractivity contribution in [3.05, 3.63) is 24.0 Å². The summed E-state index contributed by atoms with van der Waals surface area (Å²) >= 11 is 0. The molecule has 0 saturated heterocycles. The van der Waals surface area contributed by atoms with Crippen LogP contribution in [0.2, 0.25) is 0 Å². The molecule has 1 aliphatic rings. The molecule has 1 aromatic heterocycles. The van der Waals surface area contributed by atoms with Gasteiger partial charge in [0.15, 0.2) is 5.84 Å². The van der Waals surface area contributed by atoms with E-state index in [1.54, 1.807) is 18.3 Å². The number of amides is 1. The number of amidine groups is 1. The number of carbonyl (C=O) groups excluding carboxylic acids is 1. The highest BCUT2D eigenvalue weighted by Crippen LogP contribution is 2.39. The number of nitrogens with zero attached hydrogens (tertiary/aromatic N) is 2. The standard InChI is InChI=1S/C13H18N4O2/c1-9-10(5-4-8-15-9)16-12(18)13(11(14)17-19)6-2-3-7-13/h4-5,8,19H,2-3,6-7H2,1H3,(H2,14,17)(H,16,18). The summed E-state index contributed by atoms with van der Waals surface area (Å²) in [6, 6.07) is 3.54. The molecule has 1 aliphatic carbocycles. The van der Waals surface area contributed by atoms with Crippen molar-refractivity contribution in [2.75, 3.05) is 5.32 Å². The smallest absolute Gasteiger partial charge is 0.238 e. The van der Waals surface area contributed by atoms with Gasteiger partial charge in [0.1, 0.15) is 5.41 Å². The van der Waals surface area contributed by atoms with E-state index in [9.17, 15) is 4.79 Å². The van der Waals surface area contributed by atoms with Crippen LogP contribution in [0, 0.1) is 12.3 Å². The third-order valence-electron chi connectivity index (χ3n) is 3.74. The van der Waals surface area contributed by atoms with E-state index in [0.29, 0.717) is 18.5 Å². The summed E-state index contributed by atoms with van der Waals surface area (Å²) in [5.74, 6) is -0.236. The zero-order valence-electron chi connectivity index (χ0n) is 10.9. The Balaban J connectivity index is 2.25. The Morgan fingerprint density at radius 2 is 2.21 bits per heavy atom. The minimum absolute atomic E-state index is 0.0101. The van der Waals surface area contributed by atoms with Crippen LogP contribution in [0.15, 0.2) is 23.5 Å². The molecular weight excluding hydrogens is 244 g/mol. The topological polar surface area (TPSA) is 101 Å². The van der Waals surface area contributed by atoms with Crippen molar-refractivity contribution in [2.45, 2.75) is 32.6 Å². The number of aromatic nitrogens is 1. The zero-order valence-corrected chi connectivity index (χ0v) is 10.9. The SMILES string of the molecule is Cc1ncccc1NC(=O)C1(C(N)=NO)CCCC1. The Morgan fingerprint density at radius 1 is 1.53 bits per heavy atom. The van der Waals surface area contributed by atoms with Crippen LogP contribution in [-0.4, -0.2) is 21.9 Å². The average molecular weight is 262 g/mol. The quantitative estimate of drug-likeness (QED) is 0.333. The first-order chi connectivity index (χ1) is 9.10. The van der Waals surface area contributed by atoms with Crippen LogP contribution in [0.4, 0.5) is 5.69 Å². The highest BCUT2D eigenvalue weighted by Gasteiger charge is 2.45.